The summed E-state index contributed by atoms with van der Waals surface area (Å²) in [5.41, 5.74) is 5.66. The van der Waals surface area contributed by atoms with Crippen LogP contribution in [0.15, 0.2) is 47.6 Å². The molecule has 3 N–H and O–H groups in total. The van der Waals surface area contributed by atoms with E-state index in [2.05, 4.69) is 16.6 Å². The van der Waals surface area contributed by atoms with E-state index in [0.717, 1.165) is 25.1 Å². The predicted octanol–water partition coefficient (Wildman–Crippen LogP) is 2.39. The molecule has 3 rings (SSSR count). The van der Waals surface area contributed by atoms with Crippen LogP contribution in [0.25, 0.3) is 0 Å². The van der Waals surface area contributed by atoms with E-state index < -0.39 is 0 Å². The van der Waals surface area contributed by atoms with Crippen LogP contribution in [-0.2, 0) is 11.2 Å². The Morgan fingerprint density at radius 1 is 1.24 bits per heavy atom. The van der Waals surface area contributed by atoms with E-state index in [9.17, 15) is 15.0 Å². The molecule has 0 radical (unpaired) electrons. The van der Waals surface area contributed by atoms with Gasteiger partial charge in [-0.05, 0) is 49.6 Å². The van der Waals surface area contributed by atoms with Crippen molar-refractivity contribution in [3.8, 4) is 11.5 Å². The molecule has 6 heteroatoms. The van der Waals surface area contributed by atoms with Crippen molar-refractivity contribution in [1.82, 2.24) is 5.43 Å². The minimum Gasteiger partial charge on any atom is -0.508 e. The van der Waals surface area contributed by atoms with E-state index in [1.165, 1.54) is 23.8 Å². The van der Waals surface area contributed by atoms with Gasteiger partial charge in [-0.15, -0.1) is 0 Å². The molecule has 0 spiro atoms. The standard InChI is InChI=1S/C19H21N3O3/c1-13(16-11-15(23)8-9-18(16)24)20-21-19(25)12-22-10-4-6-14-5-2-3-7-17(14)22/h2-3,5,7-9,11,23-24H,4,6,10,12H2,1H3,(H,21,25). The molecule has 0 aliphatic carbocycles. The number of carbonyl (C=O) groups excluding carboxylic acids is 1. The first kappa shape index (κ1) is 16.8. The lowest BCUT2D eigenvalue weighted by Gasteiger charge is -2.30. The zero-order chi connectivity index (χ0) is 17.8. The molecule has 25 heavy (non-hydrogen) atoms. The monoisotopic (exact) mass is 339 g/mol. The highest BCUT2D eigenvalue weighted by atomic mass is 16.3. The lowest BCUT2D eigenvalue weighted by atomic mass is 10.0. The molecular weight excluding hydrogens is 318 g/mol. The van der Waals surface area contributed by atoms with Gasteiger partial charge in [0.15, 0.2) is 0 Å². The number of fused-ring (bicyclic) bond motifs is 1. The maximum Gasteiger partial charge on any atom is 0.259 e. The topological polar surface area (TPSA) is 85.2 Å². The van der Waals surface area contributed by atoms with E-state index in [1.807, 2.05) is 23.1 Å². The minimum atomic E-state index is -0.226. The summed E-state index contributed by atoms with van der Waals surface area (Å²) < 4.78 is 0. The molecule has 1 aliphatic rings. The van der Waals surface area contributed by atoms with Crippen molar-refractivity contribution in [2.75, 3.05) is 18.0 Å². The first-order chi connectivity index (χ1) is 12.0. The number of benzene rings is 2. The maximum atomic E-state index is 12.2. The van der Waals surface area contributed by atoms with Crippen LogP contribution >= 0.6 is 0 Å². The molecule has 2 aromatic carbocycles. The van der Waals surface area contributed by atoms with E-state index in [1.54, 1.807) is 6.92 Å². The van der Waals surface area contributed by atoms with Crippen LogP contribution in [-0.4, -0.2) is 34.9 Å². The Labute approximate surface area is 146 Å². The van der Waals surface area contributed by atoms with Crippen LogP contribution in [0.4, 0.5) is 5.69 Å². The maximum absolute atomic E-state index is 12.2. The second kappa shape index (κ2) is 7.25. The van der Waals surface area contributed by atoms with Crippen LogP contribution in [0.5, 0.6) is 11.5 Å². The zero-order valence-corrected chi connectivity index (χ0v) is 14.1. The number of para-hydroxylation sites is 1. The van der Waals surface area contributed by atoms with E-state index in [-0.39, 0.29) is 24.0 Å². The van der Waals surface area contributed by atoms with Crippen molar-refractivity contribution in [2.24, 2.45) is 5.10 Å². The highest BCUT2D eigenvalue weighted by molar-refractivity contribution is 6.01. The SMILES string of the molecule is CC(=NNC(=O)CN1CCCc2ccccc21)c1cc(O)ccc1O. The molecule has 0 aromatic heterocycles. The predicted molar refractivity (Wildman–Crippen MR) is 97.1 cm³/mol. The summed E-state index contributed by atoms with van der Waals surface area (Å²) in [5, 5.41) is 23.4. The van der Waals surface area contributed by atoms with Gasteiger partial charge < -0.3 is 15.1 Å². The Morgan fingerprint density at radius 2 is 2.04 bits per heavy atom. The van der Waals surface area contributed by atoms with E-state index >= 15 is 0 Å². The Morgan fingerprint density at radius 3 is 2.88 bits per heavy atom. The van der Waals surface area contributed by atoms with Gasteiger partial charge in [0.25, 0.3) is 5.91 Å². The van der Waals surface area contributed by atoms with Crippen LogP contribution in [0.2, 0.25) is 0 Å². The number of phenols is 2. The molecule has 0 saturated carbocycles. The minimum absolute atomic E-state index is 0.00161. The third-order valence-electron chi connectivity index (χ3n) is 4.26. The molecular formula is C19H21N3O3. The molecule has 6 nitrogen and oxygen atoms in total. The number of phenolic OH excluding ortho intramolecular Hbond substituents is 2. The number of nitrogens with zero attached hydrogens (tertiary/aromatic N) is 2. The highest BCUT2D eigenvalue weighted by Crippen LogP contribution is 2.26. The second-order valence-corrected chi connectivity index (χ2v) is 6.09. The third-order valence-corrected chi connectivity index (χ3v) is 4.26. The van der Waals surface area contributed by atoms with E-state index in [4.69, 9.17) is 0 Å². The number of rotatable bonds is 4. The molecule has 2 aromatic rings. The van der Waals surface area contributed by atoms with Gasteiger partial charge in [-0.1, -0.05) is 18.2 Å². The molecule has 0 fully saturated rings. The van der Waals surface area contributed by atoms with Gasteiger partial charge in [-0.25, -0.2) is 5.43 Å². The number of aryl methyl sites for hydroxylation is 1. The average molecular weight is 339 g/mol. The fraction of sp³-hybridized carbons (Fsp3) is 0.263. The van der Waals surface area contributed by atoms with Crippen molar-refractivity contribution < 1.29 is 15.0 Å². The summed E-state index contributed by atoms with van der Waals surface area (Å²) in [7, 11) is 0. The van der Waals surface area contributed by atoms with Gasteiger partial charge in [-0.2, -0.15) is 5.10 Å². The highest BCUT2D eigenvalue weighted by Gasteiger charge is 2.18. The third kappa shape index (κ3) is 3.91. The molecule has 1 aliphatic heterocycles. The lowest BCUT2D eigenvalue weighted by molar-refractivity contribution is -0.119. The molecule has 130 valence electrons. The largest absolute Gasteiger partial charge is 0.508 e. The summed E-state index contributed by atoms with van der Waals surface area (Å²) in [6.45, 7) is 2.71. The molecule has 0 atom stereocenters. The first-order valence-corrected chi connectivity index (χ1v) is 8.23. The molecule has 1 heterocycles. The van der Waals surface area contributed by atoms with Crippen molar-refractivity contribution in [3.05, 3.63) is 53.6 Å². The number of hydrogen-bond donors (Lipinski definition) is 3. The van der Waals surface area contributed by atoms with Gasteiger partial charge in [0, 0.05) is 17.8 Å². The Hall–Kier alpha value is -3.02. The smallest absolute Gasteiger partial charge is 0.259 e. The number of aromatic hydroxyl groups is 2. The quantitative estimate of drug-likeness (QED) is 0.454. The molecule has 0 saturated heterocycles. The summed E-state index contributed by atoms with van der Waals surface area (Å²) >= 11 is 0. The van der Waals surface area contributed by atoms with Crippen LogP contribution in [0.1, 0.15) is 24.5 Å². The zero-order valence-electron chi connectivity index (χ0n) is 14.1. The van der Waals surface area contributed by atoms with Gasteiger partial charge >= 0.3 is 0 Å². The normalized spacial score (nSPS) is 14.1. The fourth-order valence-electron chi connectivity index (χ4n) is 3.00. The van der Waals surface area contributed by atoms with Crippen molar-refractivity contribution in [3.63, 3.8) is 0 Å². The number of carbonyl (C=O) groups is 1. The van der Waals surface area contributed by atoms with Crippen LogP contribution in [0, 0.1) is 0 Å². The van der Waals surface area contributed by atoms with Gasteiger partial charge in [-0.3, -0.25) is 4.79 Å². The van der Waals surface area contributed by atoms with Gasteiger partial charge in [0.05, 0.1) is 12.3 Å². The Bertz CT molecular complexity index is 817. The van der Waals surface area contributed by atoms with Crippen LogP contribution < -0.4 is 10.3 Å². The first-order valence-electron chi connectivity index (χ1n) is 8.23. The average Bonchev–Trinajstić information content (AvgIpc) is 2.62. The van der Waals surface area contributed by atoms with Crippen molar-refractivity contribution in [1.29, 1.82) is 0 Å². The fourth-order valence-corrected chi connectivity index (χ4v) is 3.00. The summed E-state index contributed by atoms with van der Waals surface area (Å²) in [5.74, 6) is -0.201. The molecule has 0 bridgehead atoms. The second-order valence-electron chi connectivity index (χ2n) is 6.09. The van der Waals surface area contributed by atoms with Gasteiger partial charge in [0.2, 0.25) is 0 Å². The number of amides is 1. The summed E-state index contributed by atoms with van der Waals surface area (Å²) in [6.07, 6.45) is 2.05. The van der Waals surface area contributed by atoms with Crippen molar-refractivity contribution in [2.45, 2.75) is 19.8 Å². The molecule has 0 unspecified atom stereocenters. The van der Waals surface area contributed by atoms with Gasteiger partial charge in [0.1, 0.15) is 11.5 Å². The van der Waals surface area contributed by atoms with Crippen LogP contribution in [0.3, 0.4) is 0 Å². The Kier molecular flexibility index (Phi) is 4.88. The number of anilines is 1. The van der Waals surface area contributed by atoms with E-state index in [0.29, 0.717) is 11.3 Å². The summed E-state index contributed by atoms with van der Waals surface area (Å²) in [4.78, 5) is 14.3. The number of hydrogen-bond acceptors (Lipinski definition) is 5. The Balaban J connectivity index is 1.66. The van der Waals surface area contributed by atoms with Crippen molar-refractivity contribution >= 4 is 17.3 Å². The number of hydrazone groups is 1. The summed E-state index contributed by atoms with van der Waals surface area (Å²) in [6, 6.07) is 12.3. The number of nitrogens with one attached hydrogen (secondary N) is 1. The molecule has 1 amide bonds. The lowest BCUT2D eigenvalue weighted by Crippen LogP contribution is -2.38.